The summed E-state index contributed by atoms with van der Waals surface area (Å²) in [6.07, 6.45) is 0. The Morgan fingerprint density at radius 2 is 1.79 bits per heavy atom. The molecule has 6 nitrogen and oxygen atoms in total. The molecule has 3 aromatic rings. The highest BCUT2D eigenvalue weighted by Gasteiger charge is 2.20. The van der Waals surface area contributed by atoms with Gasteiger partial charge < -0.3 is 10.2 Å². The van der Waals surface area contributed by atoms with Crippen LogP contribution in [-0.4, -0.2) is 59.3 Å². The third-order valence-electron chi connectivity index (χ3n) is 5.14. The summed E-state index contributed by atoms with van der Waals surface area (Å²) in [6, 6.07) is 14.1. The first-order valence-corrected chi connectivity index (χ1v) is 10.5. The molecule has 1 N–H and O–H groups in total. The van der Waals surface area contributed by atoms with Crippen LogP contribution in [0.4, 0.5) is 5.69 Å². The normalized spacial score (nSPS) is 14.9. The molecule has 2 heterocycles. The van der Waals surface area contributed by atoms with E-state index in [1.165, 1.54) is 10.3 Å². The number of hydrogen-bond acceptors (Lipinski definition) is 5. The summed E-state index contributed by atoms with van der Waals surface area (Å²) in [7, 11) is 0. The molecule has 150 valence electrons. The maximum atomic E-state index is 12.4. The standard InChI is InChI=1S/C22H24N4O2S/c1-15-3-8-19-20(13-15)29-22(24-19)17-4-6-18(7-5-17)23-21(28)14-25-9-11-26(12-10-25)16(2)27/h3-8,13H,9-12,14H2,1-2H3,(H,23,28). The quantitative estimate of drug-likeness (QED) is 0.719. The Hall–Kier alpha value is -2.77. The summed E-state index contributed by atoms with van der Waals surface area (Å²) < 4.78 is 1.18. The number of nitrogens with one attached hydrogen (secondary N) is 1. The number of amides is 2. The zero-order valence-corrected chi connectivity index (χ0v) is 17.5. The minimum absolute atomic E-state index is 0.0375. The Labute approximate surface area is 174 Å². The predicted octanol–water partition coefficient (Wildman–Crippen LogP) is 3.37. The number of nitrogens with zero attached hydrogens (tertiary/aromatic N) is 3. The summed E-state index contributed by atoms with van der Waals surface area (Å²) >= 11 is 1.68. The lowest BCUT2D eigenvalue weighted by Crippen LogP contribution is -2.49. The number of aryl methyl sites for hydroxylation is 1. The van der Waals surface area contributed by atoms with Gasteiger partial charge >= 0.3 is 0 Å². The minimum atomic E-state index is -0.0375. The van der Waals surface area contributed by atoms with Gasteiger partial charge in [0, 0.05) is 44.4 Å². The van der Waals surface area contributed by atoms with Gasteiger partial charge in [-0.1, -0.05) is 6.07 Å². The van der Waals surface area contributed by atoms with Crippen molar-refractivity contribution in [2.24, 2.45) is 0 Å². The molecule has 0 spiro atoms. The van der Waals surface area contributed by atoms with E-state index in [4.69, 9.17) is 4.98 Å². The van der Waals surface area contributed by atoms with Gasteiger partial charge in [0.2, 0.25) is 11.8 Å². The van der Waals surface area contributed by atoms with Gasteiger partial charge in [0.15, 0.2) is 0 Å². The van der Waals surface area contributed by atoms with Crippen molar-refractivity contribution in [2.75, 3.05) is 38.0 Å². The summed E-state index contributed by atoms with van der Waals surface area (Å²) in [4.78, 5) is 32.3. The molecule has 0 unspecified atom stereocenters. The number of fused-ring (bicyclic) bond motifs is 1. The molecule has 1 saturated heterocycles. The molecule has 29 heavy (non-hydrogen) atoms. The fraction of sp³-hybridized carbons (Fsp3) is 0.318. The van der Waals surface area contributed by atoms with Gasteiger partial charge in [0.25, 0.3) is 0 Å². The van der Waals surface area contributed by atoms with Crippen LogP contribution in [-0.2, 0) is 9.59 Å². The van der Waals surface area contributed by atoms with Crippen molar-refractivity contribution >= 4 is 39.1 Å². The van der Waals surface area contributed by atoms with E-state index < -0.39 is 0 Å². The third kappa shape index (κ3) is 4.63. The van der Waals surface area contributed by atoms with Gasteiger partial charge in [-0.15, -0.1) is 11.3 Å². The van der Waals surface area contributed by atoms with Gasteiger partial charge in [0.05, 0.1) is 16.8 Å². The van der Waals surface area contributed by atoms with Crippen LogP contribution in [0.25, 0.3) is 20.8 Å². The monoisotopic (exact) mass is 408 g/mol. The minimum Gasteiger partial charge on any atom is -0.340 e. The molecule has 2 aromatic carbocycles. The first kappa shape index (κ1) is 19.5. The van der Waals surface area contributed by atoms with E-state index >= 15 is 0 Å². The smallest absolute Gasteiger partial charge is 0.238 e. The van der Waals surface area contributed by atoms with Gasteiger partial charge in [-0.25, -0.2) is 4.98 Å². The second kappa shape index (κ2) is 8.31. The lowest BCUT2D eigenvalue weighted by atomic mass is 10.2. The molecule has 1 aliphatic heterocycles. The molecule has 1 aromatic heterocycles. The average Bonchev–Trinajstić information content (AvgIpc) is 3.12. The average molecular weight is 409 g/mol. The summed E-state index contributed by atoms with van der Waals surface area (Å²) in [5.41, 5.74) is 4.06. The number of anilines is 1. The molecule has 0 aliphatic carbocycles. The Morgan fingerprint density at radius 3 is 2.48 bits per heavy atom. The van der Waals surface area contributed by atoms with Crippen LogP contribution in [0.3, 0.4) is 0 Å². The fourth-order valence-corrected chi connectivity index (χ4v) is 4.55. The maximum Gasteiger partial charge on any atom is 0.238 e. The molecule has 1 fully saturated rings. The Balaban J connectivity index is 1.35. The van der Waals surface area contributed by atoms with E-state index in [0.29, 0.717) is 19.6 Å². The number of thiazole rings is 1. The van der Waals surface area contributed by atoms with Crippen LogP contribution < -0.4 is 5.32 Å². The lowest BCUT2D eigenvalue weighted by molar-refractivity contribution is -0.130. The summed E-state index contributed by atoms with van der Waals surface area (Å²) in [5.74, 6) is 0.0574. The highest BCUT2D eigenvalue weighted by molar-refractivity contribution is 7.21. The number of hydrogen-bond donors (Lipinski definition) is 1. The molecule has 4 rings (SSSR count). The second-order valence-electron chi connectivity index (χ2n) is 7.40. The fourth-order valence-electron chi connectivity index (χ4n) is 3.48. The zero-order valence-electron chi connectivity index (χ0n) is 16.6. The summed E-state index contributed by atoms with van der Waals surface area (Å²) in [6.45, 7) is 6.82. The molecule has 1 aliphatic rings. The molecule has 0 radical (unpaired) electrons. The van der Waals surface area contributed by atoms with Crippen molar-refractivity contribution in [3.05, 3.63) is 48.0 Å². The van der Waals surface area contributed by atoms with Crippen LogP contribution in [0.2, 0.25) is 0 Å². The van der Waals surface area contributed by atoms with Gasteiger partial charge in [-0.3, -0.25) is 14.5 Å². The molecule has 7 heteroatoms. The first-order chi connectivity index (χ1) is 14.0. The van der Waals surface area contributed by atoms with E-state index in [-0.39, 0.29) is 11.8 Å². The first-order valence-electron chi connectivity index (χ1n) is 9.73. The highest BCUT2D eigenvalue weighted by atomic mass is 32.1. The van der Waals surface area contributed by atoms with E-state index in [1.807, 2.05) is 29.2 Å². The van der Waals surface area contributed by atoms with Crippen molar-refractivity contribution in [3.8, 4) is 10.6 Å². The largest absolute Gasteiger partial charge is 0.340 e. The van der Waals surface area contributed by atoms with E-state index in [9.17, 15) is 9.59 Å². The molecule has 2 amide bonds. The van der Waals surface area contributed by atoms with Gasteiger partial charge in [-0.05, 0) is 48.9 Å². The van der Waals surface area contributed by atoms with Crippen LogP contribution in [0, 0.1) is 6.92 Å². The van der Waals surface area contributed by atoms with Crippen molar-refractivity contribution in [1.82, 2.24) is 14.8 Å². The maximum absolute atomic E-state index is 12.4. The molecule has 0 saturated carbocycles. The molecule has 0 atom stereocenters. The number of carbonyl (C=O) groups excluding carboxylic acids is 2. The zero-order chi connectivity index (χ0) is 20.4. The Morgan fingerprint density at radius 1 is 1.07 bits per heavy atom. The number of rotatable bonds is 4. The van der Waals surface area contributed by atoms with Crippen LogP contribution >= 0.6 is 11.3 Å². The second-order valence-corrected chi connectivity index (χ2v) is 8.43. The van der Waals surface area contributed by atoms with Gasteiger partial charge in [0.1, 0.15) is 5.01 Å². The molecular weight excluding hydrogens is 384 g/mol. The van der Waals surface area contributed by atoms with E-state index in [0.717, 1.165) is 34.9 Å². The molecular formula is C22H24N4O2S. The van der Waals surface area contributed by atoms with E-state index in [1.54, 1.807) is 18.3 Å². The Kier molecular flexibility index (Phi) is 5.60. The van der Waals surface area contributed by atoms with Gasteiger partial charge in [-0.2, -0.15) is 0 Å². The number of piperazine rings is 1. The molecule has 0 bridgehead atoms. The van der Waals surface area contributed by atoms with Crippen molar-refractivity contribution < 1.29 is 9.59 Å². The highest BCUT2D eigenvalue weighted by Crippen LogP contribution is 2.31. The number of carbonyl (C=O) groups is 2. The van der Waals surface area contributed by atoms with Crippen molar-refractivity contribution in [2.45, 2.75) is 13.8 Å². The van der Waals surface area contributed by atoms with Crippen LogP contribution in [0.5, 0.6) is 0 Å². The topological polar surface area (TPSA) is 65.5 Å². The predicted molar refractivity (Wildman–Crippen MR) is 117 cm³/mol. The van der Waals surface area contributed by atoms with Crippen LogP contribution in [0.15, 0.2) is 42.5 Å². The lowest BCUT2D eigenvalue weighted by Gasteiger charge is -2.33. The van der Waals surface area contributed by atoms with E-state index in [2.05, 4.69) is 35.3 Å². The summed E-state index contributed by atoms with van der Waals surface area (Å²) in [5, 5.41) is 3.94. The Bertz CT molecular complexity index is 1040. The van der Waals surface area contributed by atoms with Crippen molar-refractivity contribution in [1.29, 1.82) is 0 Å². The SMILES string of the molecule is CC(=O)N1CCN(CC(=O)Nc2ccc(-c3nc4ccc(C)cc4s3)cc2)CC1. The number of aromatic nitrogens is 1. The number of benzene rings is 2. The third-order valence-corrected chi connectivity index (χ3v) is 6.21. The van der Waals surface area contributed by atoms with Crippen LogP contribution in [0.1, 0.15) is 12.5 Å². The van der Waals surface area contributed by atoms with Crippen molar-refractivity contribution in [3.63, 3.8) is 0 Å².